The molecule has 0 bridgehead atoms. The van der Waals surface area contributed by atoms with Gasteiger partial charge in [-0.05, 0) is 45.8 Å². The van der Waals surface area contributed by atoms with Crippen molar-refractivity contribution in [2.24, 2.45) is 0 Å². The van der Waals surface area contributed by atoms with Crippen LogP contribution in [0.3, 0.4) is 0 Å². The number of hydrogen-bond acceptors (Lipinski definition) is 3. The molecule has 0 fully saturated rings. The van der Waals surface area contributed by atoms with Crippen LogP contribution in [0, 0.1) is 11.3 Å². The average molecular weight is 371 g/mol. The molecule has 2 aromatic carbocycles. The molecule has 0 atom stereocenters. The Kier molecular flexibility index (Phi) is 4.48. The monoisotopic (exact) mass is 369 g/mol. The summed E-state index contributed by atoms with van der Waals surface area (Å²) in [5.41, 5.74) is 0.874. The highest BCUT2D eigenvalue weighted by atomic mass is 79.9. The number of hydrogen-bond donors (Lipinski definition) is 0. The fourth-order valence-electron chi connectivity index (χ4n) is 1.71. The first kappa shape index (κ1) is 15.0. The third kappa shape index (κ3) is 3.21. The van der Waals surface area contributed by atoms with Crippen LogP contribution in [-0.2, 0) is 15.6 Å². The quantitative estimate of drug-likeness (QED) is 0.822. The second-order valence-electron chi connectivity index (χ2n) is 4.11. The lowest BCUT2D eigenvalue weighted by molar-refractivity contribution is 0.595. The van der Waals surface area contributed by atoms with Gasteiger partial charge in [0, 0.05) is 9.50 Å². The molecule has 2 rings (SSSR count). The summed E-state index contributed by atoms with van der Waals surface area (Å²) < 4.78 is 25.3. The van der Waals surface area contributed by atoms with E-state index < -0.39 is 9.84 Å². The largest absolute Gasteiger partial charge is 0.223 e. The van der Waals surface area contributed by atoms with E-state index in [0.717, 1.165) is 0 Å². The highest BCUT2D eigenvalue weighted by Crippen LogP contribution is 2.27. The summed E-state index contributed by atoms with van der Waals surface area (Å²) in [4.78, 5) is 0.223. The summed E-state index contributed by atoms with van der Waals surface area (Å²) >= 11 is 9.25. The normalized spacial score (nSPS) is 11.1. The molecule has 0 aliphatic heterocycles. The zero-order valence-electron chi connectivity index (χ0n) is 10.2. The molecule has 2 aromatic rings. The molecule has 0 aliphatic rings. The van der Waals surface area contributed by atoms with Crippen LogP contribution in [-0.4, -0.2) is 8.42 Å². The first-order valence-corrected chi connectivity index (χ1v) is 8.42. The zero-order chi connectivity index (χ0) is 14.8. The topological polar surface area (TPSA) is 57.9 Å². The van der Waals surface area contributed by atoms with Gasteiger partial charge in [-0.3, -0.25) is 0 Å². The lowest BCUT2D eigenvalue weighted by Gasteiger charge is -2.08. The Morgan fingerprint density at radius 1 is 1.20 bits per heavy atom. The van der Waals surface area contributed by atoms with Gasteiger partial charge in [-0.1, -0.05) is 29.8 Å². The van der Waals surface area contributed by atoms with Crippen molar-refractivity contribution in [3.8, 4) is 6.07 Å². The Morgan fingerprint density at radius 3 is 2.50 bits per heavy atom. The number of benzene rings is 2. The maximum atomic E-state index is 12.4. The molecule has 0 saturated carbocycles. The van der Waals surface area contributed by atoms with E-state index in [1.807, 2.05) is 6.07 Å². The third-order valence-electron chi connectivity index (χ3n) is 2.70. The first-order valence-electron chi connectivity index (χ1n) is 5.60. The van der Waals surface area contributed by atoms with Gasteiger partial charge in [0.2, 0.25) is 0 Å². The molecule has 0 amide bonds. The Morgan fingerprint density at radius 2 is 1.90 bits per heavy atom. The van der Waals surface area contributed by atoms with Crippen LogP contribution >= 0.6 is 27.5 Å². The van der Waals surface area contributed by atoms with Crippen molar-refractivity contribution in [2.75, 3.05) is 0 Å². The SMILES string of the molecule is N#Cc1ccc(CS(=O)(=O)c2ccccc2Br)c(Cl)c1. The van der Waals surface area contributed by atoms with Gasteiger partial charge in [-0.25, -0.2) is 8.42 Å². The summed E-state index contributed by atoms with van der Waals surface area (Å²) in [5.74, 6) is -0.208. The van der Waals surface area contributed by atoms with Crippen molar-refractivity contribution < 1.29 is 8.42 Å². The number of nitriles is 1. The fourth-order valence-corrected chi connectivity index (χ4v) is 4.53. The summed E-state index contributed by atoms with van der Waals surface area (Å²) in [6.07, 6.45) is 0. The maximum absolute atomic E-state index is 12.4. The molecule has 3 nitrogen and oxygen atoms in total. The predicted octanol–water partition coefficient (Wildman–Crippen LogP) is 3.95. The fraction of sp³-hybridized carbons (Fsp3) is 0.0714. The van der Waals surface area contributed by atoms with Gasteiger partial charge >= 0.3 is 0 Å². The van der Waals surface area contributed by atoms with E-state index in [0.29, 0.717) is 15.6 Å². The third-order valence-corrected chi connectivity index (χ3v) is 5.72. The molecule has 20 heavy (non-hydrogen) atoms. The van der Waals surface area contributed by atoms with E-state index in [2.05, 4.69) is 15.9 Å². The van der Waals surface area contributed by atoms with E-state index in [1.54, 1.807) is 30.3 Å². The van der Waals surface area contributed by atoms with E-state index in [-0.39, 0.29) is 15.7 Å². The van der Waals surface area contributed by atoms with Crippen LogP contribution in [0.2, 0.25) is 5.02 Å². The van der Waals surface area contributed by atoms with Crippen molar-refractivity contribution in [3.63, 3.8) is 0 Å². The van der Waals surface area contributed by atoms with Gasteiger partial charge in [0.1, 0.15) is 0 Å². The second kappa shape index (κ2) is 5.96. The van der Waals surface area contributed by atoms with Crippen molar-refractivity contribution in [3.05, 3.63) is 63.1 Å². The summed E-state index contributed by atoms with van der Waals surface area (Å²) in [7, 11) is -3.50. The van der Waals surface area contributed by atoms with Gasteiger partial charge in [0.25, 0.3) is 0 Å². The van der Waals surface area contributed by atoms with Crippen molar-refractivity contribution >= 4 is 37.4 Å². The standard InChI is InChI=1S/C14H9BrClNO2S/c15-12-3-1-2-4-14(12)20(18,19)9-11-6-5-10(8-17)7-13(11)16/h1-7H,9H2. The Labute approximate surface area is 130 Å². The van der Waals surface area contributed by atoms with Crippen molar-refractivity contribution in [1.29, 1.82) is 5.26 Å². The van der Waals surface area contributed by atoms with Gasteiger partial charge in [-0.2, -0.15) is 5.26 Å². The van der Waals surface area contributed by atoms with Gasteiger partial charge in [-0.15, -0.1) is 0 Å². The molecule has 102 valence electrons. The van der Waals surface area contributed by atoms with Crippen LogP contribution < -0.4 is 0 Å². The highest BCUT2D eigenvalue weighted by molar-refractivity contribution is 9.10. The minimum Gasteiger partial charge on any atom is -0.223 e. The smallest absolute Gasteiger partial charge is 0.183 e. The number of halogens is 2. The Balaban J connectivity index is 2.40. The molecular weight excluding hydrogens is 362 g/mol. The summed E-state index contributed by atoms with van der Waals surface area (Å²) in [6, 6.07) is 13.2. The highest BCUT2D eigenvalue weighted by Gasteiger charge is 2.19. The second-order valence-corrected chi connectivity index (χ2v) is 7.33. The predicted molar refractivity (Wildman–Crippen MR) is 81.2 cm³/mol. The van der Waals surface area contributed by atoms with Crippen molar-refractivity contribution in [2.45, 2.75) is 10.6 Å². The molecule has 0 aromatic heterocycles. The van der Waals surface area contributed by atoms with Gasteiger partial charge < -0.3 is 0 Å². The Hall–Kier alpha value is -1.35. The molecule has 6 heteroatoms. The molecule has 0 unspecified atom stereocenters. The first-order chi connectivity index (χ1) is 9.44. The van der Waals surface area contributed by atoms with Gasteiger partial charge in [0.05, 0.1) is 22.3 Å². The summed E-state index contributed by atoms with van der Waals surface area (Å²) in [5, 5.41) is 9.04. The summed E-state index contributed by atoms with van der Waals surface area (Å²) in [6.45, 7) is 0. The van der Waals surface area contributed by atoms with Crippen LogP contribution in [0.4, 0.5) is 0 Å². The molecule has 0 spiro atoms. The minimum absolute atomic E-state index is 0.208. The van der Waals surface area contributed by atoms with Crippen LogP contribution in [0.1, 0.15) is 11.1 Å². The van der Waals surface area contributed by atoms with Crippen LogP contribution in [0.25, 0.3) is 0 Å². The van der Waals surface area contributed by atoms with E-state index in [1.165, 1.54) is 12.1 Å². The number of rotatable bonds is 3. The molecular formula is C14H9BrClNO2S. The molecule has 0 aliphatic carbocycles. The van der Waals surface area contributed by atoms with Gasteiger partial charge in [0.15, 0.2) is 9.84 Å². The Bertz CT molecular complexity index is 797. The average Bonchev–Trinajstić information content (AvgIpc) is 2.41. The molecule has 0 heterocycles. The maximum Gasteiger partial charge on any atom is 0.183 e. The number of sulfone groups is 1. The molecule has 0 N–H and O–H groups in total. The molecule has 0 radical (unpaired) electrons. The molecule has 0 saturated heterocycles. The lowest BCUT2D eigenvalue weighted by atomic mass is 10.2. The zero-order valence-corrected chi connectivity index (χ0v) is 13.3. The lowest BCUT2D eigenvalue weighted by Crippen LogP contribution is -2.06. The van der Waals surface area contributed by atoms with E-state index in [4.69, 9.17) is 16.9 Å². The van der Waals surface area contributed by atoms with Crippen LogP contribution in [0.15, 0.2) is 51.8 Å². The van der Waals surface area contributed by atoms with E-state index >= 15 is 0 Å². The van der Waals surface area contributed by atoms with Crippen molar-refractivity contribution in [1.82, 2.24) is 0 Å². The minimum atomic E-state index is -3.50. The van der Waals surface area contributed by atoms with Crippen LogP contribution in [0.5, 0.6) is 0 Å². The number of nitrogens with zero attached hydrogens (tertiary/aromatic N) is 1. The van der Waals surface area contributed by atoms with E-state index in [9.17, 15) is 8.42 Å².